The van der Waals surface area contributed by atoms with Crippen molar-refractivity contribution in [2.75, 3.05) is 25.6 Å². The summed E-state index contributed by atoms with van der Waals surface area (Å²) in [6.45, 7) is 3.64. The van der Waals surface area contributed by atoms with E-state index >= 15 is 0 Å². The first-order valence-electron chi connectivity index (χ1n) is 10.7. The van der Waals surface area contributed by atoms with Gasteiger partial charge in [0.2, 0.25) is 0 Å². The van der Waals surface area contributed by atoms with Gasteiger partial charge in [-0.2, -0.15) is 0 Å². The summed E-state index contributed by atoms with van der Waals surface area (Å²) in [4.78, 5) is 42.5. The van der Waals surface area contributed by atoms with Gasteiger partial charge in [0.05, 0.1) is 43.5 Å². The van der Waals surface area contributed by atoms with Gasteiger partial charge in [-0.3, -0.25) is 14.4 Å². The lowest BCUT2D eigenvalue weighted by atomic mass is 9.77. The lowest BCUT2D eigenvalue weighted by Crippen LogP contribution is -2.57. The van der Waals surface area contributed by atoms with E-state index in [1.54, 1.807) is 51.3 Å². The van der Waals surface area contributed by atoms with Crippen LogP contribution in [0.2, 0.25) is 5.02 Å². The zero-order valence-electron chi connectivity index (χ0n) is 18.4. The van der Waals surface area contributed by atoms with E-state index in [-0.39, 0.29) is 19.1 Å². The Balaban J connectivity index is 1.76. The van der Waals surface area contributed by atoms with E-state index in [9.17, 15) is 14.4 Å². The normalized spacial score (nSPS) is 27.3. The fourth-order valence-corrected chi connectivity index (χ4v) is 5.57. The maximum Gasteiger partial charge on any atom is 0.312 e. The molecular formula is C24H23ClN2O6. The largest absolute Gasteiger partial charge is 0.497 e. The average molecular weight is 471 g/mol. The standard InChI is InChI=1S/C24H23ClN2O6/c1-4-32-22(29)19-16-11-33-18-8-6-13(31-3)10-15(18)20(16)27-21(28)14-7-5-12(25)9-17(14)26-23(30)24(19,27)2/h5-10,16,19-20H,4,11H2,1-3H3,(H,26,30)/t16?,19?,20?,24-/m1/s1. The molecule has 1 saturated heterocycles. The van der Waals surface area contributed by atoms with Crippen molar-refractivity contribution in [2.45, 2.75) is 25.4 Å². The lowest BCUT2D eigenvalue weighted by molar-refractivity contribution is -0.155. The van der Waals surface area contributed by atoms with Crippen molar-refractivity contribution in [2.24, 2.45) is 11.8 Å². The fraction of sp³-hybridized carbons (Fsp3) is 0.375. The quantitative estimate of drug-likeness (QED) is 0.690. The summed E-state index contributed by atoms with van der Waals surface area (Å²) in [6.07, 6.45) is 0. The summed E-state index contributed by atoms with van der Waals surface area (Å²) in [6, 6.07) is 9.47. The van der Waals surface area contributed by atoms with Gasteiger partial charge in [-0.1, -0.05) is 11.6 Å². The number of carbonyl (C=O) groups excluding carboxylic acids is 3. The second-order valence-corrected chi connectivity index (χ2v) is 8.96. The molecule has 2 aromatic rings. The Labute approximate surface area is 195 Å². The van der Waals surface area contributed by atoms with E-state index < -0.39 is 35.3 Å². The number of ether oxygens (including phenoxy) is 3. The van der Waals surface area contributed by atoms with Crippen LogP contribution in [0, 0.1) is 11.8 Å². The van der Waals surface area contributed by atoms with Crippen molar-refractivity contribution in [3.05, 3.63) is 52.5 Å². The molecule has 3 aliphatic rings. The minimum atomic E-state index is -1.52. The second-order valence-electron chi connectivity index (χ2n) is 8.52. The molecule has 9 heteroatoms. The highest BCUT2D eigenvalue weighted by Gasteiger charge is 2.67. The van der Waals surface area contributed by atoms with Gasteiger partial charge in [0, 0.05) is 16.5 Å². The van der Waals surface area contributed by atoms with Crippen LogP contribution in [0.3, 0.4) is 0 Å². The Morgan fingerprint density at radius 2 is 2.06 bits per heavy atom. The van der Waals surface area contributed by atoms with E-state index in [2.05, 4.69) is 5.32 Å². The smallest absolute Gasteiger partial charge is 0.312 e. The topological polar surface area (TPSA) is 94.2 Å². The van der Waals surface area contributed by atoms with Crippen LogP contribution in [-0.4, -0.2) is 48.5 Å². The van der Waals surface area contributed by atoms with Gasteiger partial charge in [0.15, 0.2) is 0 Å². The minimum Gasteiger partial charge on any atom is -0.497 e. The number of amides is 2. The fourth-order valence-electron chi connectivity index (χ4n) is 5.40. The Morgan fingerprint density at radius 3 is 2.79 bits per heavy atom. The number of hydrogen-bond donors (Lipinski definition) is 1. The second kappa shape index (κ2) is 7.66. The van der Waals surface area contributed by atoms with Crippen molar-refractivity contribution in [1.82, 2.24) is 4.90 Å². The van der Waals surface area contributed by atoms with E-state index in [0.717, 1.165) is 0 Å². The summed E-state index contributed by atoms with van der Waals surface area (Å²) < 4.78 is 16.8. The van der Waals surface area contributed by atoms with E-state index in [1.807, 2.05) is 0 Å². The number of hydrogen-bond acceptors (Lipinski definition) is 6. The van der Waals surface area contributed by atoms with E-state index in [0.29, 0.717) is 33.3 Å². The molecule has 1 fully saturated rings. The Hall–Kier alpha value is -3.26. The van der Waals surface area contributed by atoms with Crippen LogP contribution in [0.5, 0.6) is 11.5 Å². The molecule has 4 atom stereocenters. The summed E-state index contributed by atoms with van der Waals surface area (Å²) in [5, 5.41) is 3.21. The number of halogens is 1. The molecule has 8 nitrogen and oxygen atoms in total. The summed E-state index contributed by atoms with van der Waals surface area (Å²) in [7, 11) is 1.55. The molecule has 0 radical (unpaired) electrons. The lowest BCUT2D eigenvalue weighted by Gasteiger charge is -2.38. The van der Waals surface area contributed by atoms with Crippen LogP contribution in [0.15, 0.2) is 36.4 Å². The van der Waals surface area contributed by atoms with Gasteiger partial charge in [-0.25, -0.2) is 0 Å². The molecule has 1 N–H and O–H groups in total. The number of nitrogens with one attached hydrogen (secondary N) is 1. The molecule has 0 spiro atoms. The number of nitrogens with zero attached hydrogens (tertiary/aromatic N) is 1. The summed E-state index contributed by atoms with van der Waals surface area (Å²) >= 11 is 6.13. The van der Waals surface area contributed by atoms with Gasteiger partial charge in [0.25, 0.3) is 11.8 Å². The molecule has 0 bridgehead atoms. The molecule has 3 unspecified atom stereocenters. The molecule has 3 heterocycles. The monoisotopic (exact) mass is 470 g/mol. The molecular weight excluding hydrogens is 448 g/mol. The van der Waals surface area contributed by atoms with Crippen LogP contribution in [0.4, 0.5) is 5.69 Å². The third-order valence-electron chi connectivity index (χ3n) is 6.86. The SMILES string of the molecule is CCOC(=O)C1C2COc3ccc(OC)cc3C2N2C(=O)c3ccc(Cl)cc3NC(=O)[C@@]12C. The molecule has 0 saturated carbocycles. The number of fused-ring (bicyclic) bond motifs is 6. The maximum atomic E-state index is 14.0. The Bertz CT molecular complexity index is 1180. The predicted octanol–water partition coefficient (Wildman–Crippen LogP) is 3.44. The number of benzene rings is 2. The van der Waals surface area contributed by atoms with Crippen molar-refractivity contribution < 1.29 is 28.6 Å². The number of anilines is 1. The predicted molar refractivity (Wildman–Crippen MR) is 119 cm³/mol. The molecule has 33 heavy (non-hydrogen) atoms. The van der Waals surface area contributed by atoms with Gasteiger partial charge in [0.1, 0.15) is 17.0 Å². The number of methoxy groups -OCH3 is 1. The molecule has 0 aliphatic carbocycles. The van der Waals surface area contributed by atoms with Crippen molar-refractivity contribution in [3.63, 3.8) is 0 Å². The van der Waals surface area contributed by atoms with E-state index in [4.69, 9.17) is 25.8 Å². The van der Waals surface area contributed by atoms with E-state index in [1.165, 1.54) is 11.0 Å². The maximum absolute atomic E-state index is 14.0. The van der Waals surface area contributed by atoms with Crippen LogP contribution in [0.25, 0.3) is 0 Å². The van der Waals surface area contributed by atoms with Crippen molar-refractivity contribution >= 4 is 35.1 Å². The number of carbonyl (C=O) groups is 3. The summed E-state index contributed by atoms with van der Waals surface area (Å²) in [5.74, 6) is -1.66. The van der Waals surface area contributed by atoms with Gasteiger partial charge < -0.3 is 24.4 Å². The van der Waals surface area contributed by atoms with Crippen LogP contribution in [0.1, 0.15) is 35.8 Å². The zero-order valence-corrected chi connectivity index (χ0v) is 19.1. The first-order chi connectivity index (χ1) is 15.8. The highest BCUT2D eigenvalue weighted by molar-refractivity contribution is 6.31. The highest BCUT2D eigenvalue weighted by Crippen LogP contribution is 2.57. The molecule has 172 valence electrons. The Morgan fingerprint density at radius 1 is 1.27 bits per heavy atom. The average Bonchev–Trinajstić information content (AvgIpc) is 3.04. The van der Waals surface area contributed by atoms with Gasteiger partial charge >= 0.3 is 5.97 Å². The molecule has 3 aliphatic heterocycles. The summed E-state index contributed by atoms with van der Waals surface area (Å²) in [5.41, 5.74) is -0.221. The molecule has 0 aromatic heterocycles. The van der Waals surface area contributed by atoms with Gasteiger partial charge in [-0.15, -0.1) is 0 Å². The highest BCUT2D eigenvalue weighted by atomic mass is 35.5. The third kappa shape index (κ3) is 3.00. The van der Waals surface area contributed by atoms with Crippen LogP contribution >= 0.6 is 11.6 Å². The van der Waals surface area contributed by atoms with Gasteiger partial charge in [-0.05, 0) is 50.2 Å². The van der Waals surface area contributed by atoms with Crippen molar-refractivity contribution in [3.8, 4) is 11.5 Å². The molecule has 5 rings (SSSR count). The van der Waals surface area contributed by atoms with Crippen LogP contribution in [-0.2, 0) is 14.3 Å². The molecule has 2 amide bonds. The van der Waals surface area contributed by atoms with Crippen LogP contribution < -0.4 is 14.8 Å². The molecule has 2 aromatic carbocycles. The first kappa shape index (κ1) is 21.6. The first-order valence-corrected chi connectivity index (χ1v) is 11.1. The number of rotatable bonds is 3. The minimum absolute atomic E-state index is 0.152. The van der Waals surface area contributed by atoms with Crippen molar-refractivity contribution in [1.29, 1.82) is 0 Å². The number of esters is 1. The third-order valence-corrected chi connectivity index (χ3v) is 7.10. The zero-order chi connectivity index (χ0) is 23.5. The Kier molecular flexibility index (Phi) is 5.01.